The molecule has 5 heteroatoms. The third-order valence-electron chi connectivity index (χ3n) is 5.82. The number of benzene rings is 1. The number of nitrogens with one attached hydrogen (secondary N) is 2. The Bertz CT molecular complexity index is 770. The van der Waals surface area contributed by atoms with E-state index in [9.17, 15) is 4.79 Å². The monoisotopic (exact) mass is 358 g/mol. The second kappa shape index (κ2) is 6.50. The molecule has 2 aromatic rings. The molecule has 2 fully saturated rings. The van der Waals surface area contributed by atoms with Crippen LogP contribution in [0.15, 0.2) is 40.8 Å². The van der Waals surface area contributed by atoms with Crippen molar-refractivity contribution in [2.75, 3.05) is 0 Å². The molecule has 0 radical (unpaired) electrons. The molecule has 2 N–H and O–H groups in total. The Balaban J connectivity index is 1.42. The van der Waals surface area contributed by atoms with E-state index in [-0.39, 0.29) is 11.3 Å². The summed E-state index contributed by atoms with van der Waals surface area (Å²) in [5.41, 5.74) is 0.721. The highest BCUT2D eigenvalue weighted by molar-refractivity contribution is 6.30. The summed E-state index contributed by atoms with van der Waals surface area (Å²) >= 11 is 5.92. The van der Waals surface area contributed by atoms with Crippen molar-refractivity contribution in [2.24, 2.45) is 5.41 Å². The fraction of sp³-hybridized carbons (Fsp3) is 0.450. The average molecular weight is 359 g/mol. The van der Waals surface area contributed by atoms with Crippen molar-refractivity contribution in [2.45, 2.75) is 51.2 Å². The molecule has 3 heterocycles. The summed E-state index contributed by atoms with van der Waals surface area (Å²) in [5.74, 6) is 1.70. The summed E-state index contributed by atoms with van der Waals surface area (Å²) in [4.78, 5) is 12.9. The molecule has 1 aromatic carbocycles. The van der Waals surface area contributed by atoms with Crippen LogP contribution in [0.25, 0.3) is 11.3 Å². The minimum Gasteiger partial charge on any atom is -0.459 e. The largest absolute Gasteiger partial charge is 0.459 e. The lowest BCUT2D eigenvalue weighted by Gasteiger charge is -2.34. The van der Waals surface area contributed by atoms with E-state index in [4.69, 9.17) is 16.0 Å². The minimum absolute atomic E-state index is 0.152. The summed E-state index contributed by atoms with van der Waals surface area (Å²) in [6.07, 6.45) is 4.13. The van der Waals surface area contributed by atoms with E-state index in [1.54, 1.807) is 0 Å². The average Bonchev–Trinajstić information content (AvgIpc) is 3.36. The SMILES string of the molecule is CC[C@@]1(C(=O)NCc2ccc(-c3ccc(Cl)cc3)o2)C[C@@H]2CC[C@H]1N2. The normalized spacial score (nSPS) is 27.6. The Hall–Kier alpha value is -1.78. The number of carbonyl (C=O) groups excluding carboxylic acids is 1. The van der Waals surface area contributed by atoms with Crippen LogP contribution in [0.1, 0.15) is 38.4 Å². The summed E-state index contributed by atoms with van der Waals surface area (Å²) < 4.78 is 5.88. The number of hydrogen-bond acceptors (Lipinski definition) is 3. The van der Waals surface area contributed by atoms with Gasteiger partial charge >= 0.3 is 0 Å². The highest BCUT2D eigenvalue weighted by Crippen LogP contribution is 2.45. The van der Waals surface area contributed by atoms with Gasteiger partial charge in [-0.1, -0.05) is 18.5 Å². The Kier molecular flexibility index (Phi) is 4.34. The number of fused-ring (bicyclic) bond motifs is 2. The van der Waals surface area contributed by atoms with Crippen molar-refractivity contribution in [1.82, 2.24) is 10.6 Å². The molecule has 1 aromatic heterocycles. The highest BCUT2D eigenvalue weighted by Gasteiger charge is 2.54. The van der Waals surface area contributed by atoms with Crippen LogP contribution in [-0.2, 0) is 11.3 Å². The second-order valence-corrected chi connectivity index (χ2v) is 7.60. The van der Waals surface area contributed by atoms with Crippen LogP contribution in [0.2, 0.25) is 5.02 Å². The summed E-state index contributed by atoms with van der Waals surface area (Å²) in [5, 5.41) is 7.38. The molecule has 3 atom stereocenters. The third-order valence-corrected chi connectivity index (χ3v) is 6.07. The number of amides is 1. The highest BCUT2D eigenvalue weighted by atomic mass is 35.5. The Morgan fingerprint density at radius 1 is 1.28 bits per heavy atom. The predicted octanol–water partition coefficient (Wildman–Crippen LogP) is 4.14. The minimum atomic E-state index is -0.255. The fourth-order valence-electron chi connectivity index (χ4n) is 4.39. The molecule has 4 nitrogen and oxygen atoms in total. The maximum absolute atomic E-state index is 12.9. The number of carbonyl (C=O) groups is 1. The van der Waals surface area contributed by atoms with E-state index in [0.717, 1.165) is 36.3 Å². The van der Waals surface area contributed by atoms with Gasteiger partial charge < -0.3 is 15.1 Å². The van der Waals surface area contributed by atoms with Gasteiger partial charge in [0.05, 0.1) is 12.0 Å². The molecular formula is C20H23ClN2O2. The first-order valence-corrected chi connectivity index (χ1v) is 9.37. The van der Waals surface area contributed by atoms with Crippen molar-refractivity contribution in [3.05, 3.63) is 47.2 Å². The molecule has 0 saturated carbocycles. The lowest BCUT2D eigenvalue weighted by Crippen LogP contribution is -2.47. The molecule has 2 saturated heterocycles. The van der Waals surface area contributed by atoms with Gasteiger partial charge in [0.15, 0.2) is 0 Å². The summed E-state index contributed by atoms with van der Waals surface area (Å²) in [7, 11) is 0. The van der Waals surface area contributed by atoms with Crippen LogP contribution >= 0.6 is 11.6 Å². The molecule has 2 bridgehead atoms. The topological polar surface area (TPSA) is 54.3 Å². The fourth-order valence-corrected chi connectivity index (χ4v) is 4.51. The third kappa shape index (κ3) is 2.98. The zero-order chi connectivity index (χ0) is 17.4. The maximum atomic E-state index is 12.9. The van der Waals surface area contributed by atoms with Crippen LogP contribution in [0.4, 0.5) is 0 Å². The van der Waals surface area contributed by atoms with Gasteiger partial charge in [-0.15, -0.1) is 0 Å². The molecule has 132 valence electrons. The number of halogens is 1. The maximum Gasteiger partial charge on any atom is 0.228 e. The molecule has 2 aliphatic heterocycles. The van der Waals surface area contributed by atoms with Gasteiger partial charge in [0.1, 0.15) is 11.5 Å². The molecule has 2 aliphatic rings. The first-order chi connectivity index (χ1) is 12.1. The van der Waals surface area contributed by atoms with Gasteiger partial charge in [0.2, 0.25) is 5.91 Å². The Morgan fingerprint density at radius 2 is 2.08 bits per heavy atom. The summed E-state index contributed by atoms with van der Waals surface area (Å²) in [6.45, 7) is 2.54. The van der Waals surface area contributed by atoms with Crippen LogP contribution in [0.5, 0.6) is 0 Å². The van der Waals surface area contributed by atoms with E-state index in [1.165, 1.54) is 6.42 Å². The first-order valence-electron chi connectivity index (χ1n) is 9.00. The Labute approximate surface area is 152 Å². The Morgan fingerprint density at radius 3 is 2.72 bits per heavy atom. The molecule has 0 aliphatic carbocycles. The molecular weight excluding hydrogens is 336 g/mol. The lowest BCUT2D eigenvalue weighted by molar-refractivity contribution is -0.132. The van der Waals surface area contributed by atoms with E-state index in [2.05, 4.69) is 17.6 Å². The lowest BCUT2D eigenvalue weighted by atomic mass is 9.71. The standard InChI is InChI=1S/C20H23ClN2O2/c1-2-20(11-15-7-10-18(20)23-15)19(24)22-12-16-8-9-17(25-16)13-3-5-14(21)6-4-13/h3-6,8-9,15,18,23H,2,7,10-12H2,1H3,(H,22,24)/t15-,18+,20+/m0/s1. The van der Waals surface area contributed by atoms with Crippen molar-refractivity contribution in [3.63, 3.8) is 0 Å². The van der Waals surface area contributed by atoms with E-state index in [1.807, 2.05) is 36.4 Å². The number of rotatable bonds is 5. The van der Waals surface area contributed by atoms with Gasteiger partial charge in [-0.3, -0.25) is 4.79 Å². The molecule has 1 amide bonds. The zero-order valence-corrected chi connectivity index (χ0v) is 15.1. The molecule has 25 heavy (non-hydrogen) atoms. The van der Waals surface area contributed by atoms with Crippen molar-refractivity contribution in [1.29, 1.82) is 0 Å². The van der Waals surface area contributed by atoms with Gasteiger partial charge in [0.25, 0.3) is 0 Å². The van der Waals surface area contributed by atoms with E-state index < -0.39 is 0 Å². The van der Waals surface area contributed by atoms with E-state index >= 15 is 0 Å². The molecule has 4 rings (SSSR count). The van der Waals surface area contributed by atoms with Crippen LogP contribution in [0.3, 0.4) is 0 Å². The summed E-state index contributed by atoms with van der Waals surface area (Å²) in [6, 6.07) is 12.2. The first kappa shape index (κ1) is 16.7. The van der Waals surface area contributed by atoms with Crippen molar-refractivity contribution >= 4 is 17.5 Å². The van der Waals surface area contributed by atoms with Gasteiger partial charge in [-0.25, -0.2) is 0 Å². The van der Waals surface area contributed by atoms with E-state index in [0.29, 0.717) is 23.7 Å². The second-order valence-electron chi connectivity index (χ2n) is 7.16. The van der Waals surface area contributed by atoms with Crippen molar-refractivity contribution < 1.29 is 9.21 Å². The number of furan rings is 1. The molecule has 0 spiro atoms. The number of hydrogen-bond donors (Lipinski definition) is 2. The molecule has 0 unspecified atom stereocenters. The predicted molar refractivity (Wildman–Crippen MR) is 98.3 cm³/mol. The van der Waals surface area contributed by atoms with Crippen LogP contribution in [0, 0.1) is 5.41 Å². The van der Waals surface area contributed by atoms with Gasteiger partial charge in [0, 0.05) is 22.7 Å². The van der Waals surface area contributed by atoms with Gasteiger partial charge in [-0.2, -0.15) is 0 Å². The van der Waals surface area contributed by atoms with Crippen LogP contribution < -0.4 is 10.6 Å². The van der Waals surface area contributed by atoms with Gasteiger partial charge in [-0.05, 0) is 62.1 Å². The quantitative estimate of drug-likeness (QED) is 0.844. The van der Waals surface area contributed by atoms with Crippen LogP contribution in [-0.4, -0.2) is 18.0 Å². The zero-order valence-electron chi connectivity index (χ0n) is 14.3. The van der Waals surface area contributed by atoms with Crippen molar-refractivity contribution in [3.8, 4) is 11.3 Å². The smallest absolute Gasteiger partial charge is 0.228 e.